The predicted molar refractivity (Wildman–Crippen MR) is 104 cm³/mol. The van der Waals surface area contributed by atoms with Gasteiger partial charge in [-0.15, -0.1) is 0 Å². The van der Waals surface area contributed by atoms with Crippen molar-refractivity contribution in [3.8, 4) is 0 Å². The average Bonchev–Trinajstić information content (AvgIpc) is 2.59. The highest BCUT2D eigenvalue weighted by atomic mass is 127. The van der Waals surface area contributed by atoms with Crippen LogP contribution >= 0.6 is 0 Å². The molecule has 1 heterocycles. The van der Waals surface area contributed by atoms with Crippen LogP contribution < -0.4 is 24.0 Å². The summed E-state index contributed by atoms with van der Waals surface area (Å²) in [6.45, 7) is 7.05. The number of nitrogens with zero attached hydrogens (tertiary/aromatic N) is 1. The summed E-state index contributed by atoms with van der Waals surface area (Å²) in [6, 6.07) is 17.1. The van der Waals surface area contributed by atoms with Gasteiger partial charge in [-0.25, -0.2) is 0 Å². The fourth-order valence-corrected chi connectivity index (χ4v) is 4.38. The van der Waals surface area contributed by atoms with Crippen molar-refractivity contribution >= 4 is 5.78 Å². The molecule has 26 heavy (non-hydrogen) atoms. The zero-order valence-electron chi connectivity index (χ0n) is 16.2. The molecule has 140 valence electrons. The Hall–Kier alpha value is -1.20. The number of halogens is 1. The van der Waals surface area contributed by atoms with Crippen LogP contribution in [0.2, 0.25) is 0 Å². The number of carbonyl (C=O) groups excluding carboxylic acids is 1. The molecule has 0 bridgehead atoms. The maximum Gasteiger partial charge on any atom is 0.191 e. The van der Waals surface area contributed by atoms with E-state index in [1.807, 2.05) is 0 Å². The minimum Gasteiger partial charge on any atom is -1.00 e. The van der Waals surface area contributed by atoms with Crippen LogP contribution in [-0.4, -0.2) is 36.9 Å². The number of Topliss-reactive ketones (excluding diaryl/α,β-unsaturated/α-hetero) is 1. The molecule has 1 aliphatic rings. The highest BCUT2D eigenvalue weighted by molar-refractivity contribution is 5.82. The smallest absolute Gasteiger partial charge is 0.191 e. The largest absolute Gasteiger partial charge is 1.00 e. The van der Waals surface area contributed by atoms with Gasteiger partial charge in [0.2, 0.25) is 0 Å². The van der Waals surface area contributed by atoms with E-state index in [0.29, 0.717) is 24.7 Å². The molecule has 1 aliphatic heterocycles. The second kappa shape index (κ2) is 9.14. The standard InChI is InChI=1S/C23H30NO.HI/c1-18-9-7-10-19(2)23(18)15-22(25)17-24(3)14-8-13-21(16-24)20-11-5-4-6-12-20;/h4-7,9-12,21H,8,13-17H2,1-3H3;1H/q+1;/p-1. The first-order chi connectivity index (χ1) is 12.0. The molecule has 0 N–H and O–H groups in total. The summed E-state index contributed by atoms with van der Waals surface area (Å²) >= 11 is 0. The van der Waals surface area contributed by atoms with E-state index in [9.17, 15) is 4.79 Å². The van der Waals surface area contributed by atoms with Crippen LogP contribution in [0, 0.1) is 13.8 Å². The van der Waals surface area contributed by atoms with Crippen molar-refractivity contribution in [3.63, 3.8) is 0 Å². The fraction of sp³-hybridized carbons (Fsp3) is 0.435. The second-order valence-corrected chi connectivity index (χ2v) is 8.02. The number of hydrogen-bond acceptors (Lipinski definition) is 1. The van der Waals surface area contributed by atoms with E-state index in [1.165, 1.54) is 35.1 Å². The SMILES string of the molecule is Cc1cccc(C)c1CC(=O)C[N+]1(C)CCCC(c2ccccc2)C1.[I-]. The Morgan fingerprint density at radius 1 is 1.04 bits per heavy atom. The lowest BCUT2D eigenvalue weighted by molar-refractivity contribution is -0.907. The number of likely N-dealkylation sites (tertiary alicyclic amines) is 1. The first-order valence-electron chi connectivity index (χ1n) is 9.42. The van der Waals surface area contributed by atoms with E-state index < -0.39 is 0 Å². The second-order valence-electron chi connectivity index (χ2n) is 8.02. The van der Waals surface area contributed by atoms with Crippen molar-refractivity contribution in [2.75, 3.05) is 26.7 Å². The molecule has 1 fully saturated rings. The number of piperidine rings is 1. The molecule has 3 heteroatoms. The number of likely N-dealkylation sites (N-methyl/N-ethyl adjacent to an activating group) is 1. The molecule has 2 aromatic rings. The van der Waals surface area contributed by atoms with E-state index in [1.54, 1.807) is 0 Å². The van der Waals surface area contributed by atoms with Gasteiger partial charge in [0, 0.05) is 12.3 Å². The number of rotatable bonds is 5. The molecular formula is C23H30INO. The van der Waals surface area contributed by atoms with Crippen LogP contribution in [0.25, 0.3) is 0 Å². The van der Waals surface area contributed by atoms with Crippen molar-refractivity contribution in [1.29, 1.82) is 0 Å². The van der Waals surface area contributed by atoms with E-state index in [2.05, 4.69) is 69.4 Å². The molecule has 0 aromatic heterocycles. The highest BCUT2D eigenvalue weighted by Gasteiger charge is 2.33. The molecule has 2 nitrogen and oxygen atoms in total. The maximum absolute atomic E-state index is 12.8. The number of benzene rings is 2. The highest BCUT2D eigenvalue weighted by Crippen LogP contribution is 2.30. The maximum atomic E-state index is 12.8. The molecule has 1 saturated heterocycles. The van der Waals surface area contributed by atoms with Gasteiger partial charge in [-0.3, -0.25) is 4.79 Å². The van der Waals surface area contributed by atoms with Crippen LogP contribution in [0.5, 0.6) is 0 Å². The van der Waals surface area contributed by atoms with Crippen molar-refractivity contribution in [2.45, 2.75) is 39.0 Å². The molecule has 0 amide bonds. The van der Waals surface area contributed by atoms with Crippen molar-refractivity contribution in [3.05, 3.63) is 70.8 Å². The Morgan fingerprint density at radius 2 is 1.69 bits per heavy atom. The zero-order valence-corrected chi connectivity index (χ0v) is 18.3. The van der Waals surface area contributed by atoms with Gasteiger partial charge in [0.15, 0.2) is 5.78 Å². The summed E-state index contributed by atoms with van der Waals surface area (Å²) in [5, 5.41) is 0. The van der Waals surface area contributed by atoms with E-state index in [4.69, 9.17) is 0 Å². The Kier molecular flexibility index (Phi) is 7.42. The summed E-state index contributed by atoms with van der Waals surface area (Å²) in [4.78, 5) is 12.8. The third-order valence-electron chi connectivity index (χ3n) is 5.76. The third-order valence-corrected chi connectivity index (χ3v) is 5.76. The third kappa shape index (κ3) is 5.17. The van der Waals surface area contributed by atoms with Crippen molar-refractivity contribution in [1.82, 2.24) is 0 Å². The number of ketones is 1. The lowest BCUT2D eigenvalue weighted by atomic mass is 9.89. The molecule has 2 aromatic carbocycles. The topological polar surface area (TPSA) is 17.1 Å². The Bertz CT molecular complexity index is 723. The Balaban J connectivity index is 0.00000243. The lowest BCUT2D eigenvalue weighted by Crippen LogP contribution is -3.00. The molecule has 2 atom stereocenters. The molecule has 0 radical (unpaired) electrons. The minimum absolute atomic E-state index is 0. The van der Waals surface area contributed by atoms with Gasteiger partial charge in [-0.1, -0.05) is 48.5 Å². The van der Waals surface area contributed by atoms with Crippen molar-refractivity contribution in [2.24, 2.45) is 0 Å². The zero-order chi connectivity index (χ0) is 17.9. The quantitative estimate of drug-likeness (QED) is 0.485. The van der Waals surface area contributed by atoms with E-state index >= 15 is 0 Å². The predicted octanol–water partition coefficient (Wildman–Crippen LogP) is 1.44. The lowest BCUT2D eigenvalue weighted by Gasteiger charge is -2.41. The first-order valence-corrected chi connectivity index (χ1v) is 9.42. The average molecular weight is 463 g/mol. The molecule has 0 aliphatic carbocycles. The van der Waals surface area contributed by atoms with Crippen LogP contribution in [0.4, 0.5) is 0 Å². The number of carbonyl (C=O) groups is 1. The van der Waals surface area contributed by atoms with Gasteiger partial charge in [0.05, 0.1) is 20.1 Å². The van der Waals surface area contributed by atoms with Gasteiger partial charge in [-0.2, -0.15) is 0 Å². The van der Waals surface area contributed by atoms with Gasteiger partial charge in [0.25, 0.3) is 0 Å². The first kappa shape index (κ1) is 21.1. The Morgan fingerprint density at radius 3 is 2.35 bits per heavy atom. The number of quaternary nitrogens is 1. The Labute approximate surface area is 175 Å². The van der Waals surface area contributed by atoms with Gasteiger partial charge >= 0.3 is 0 Å². The molecule has 3 rings (SSSR count). The summed E-state index contributed by atoms with van der Waals surface area (Å²) < 4.78 is 0.878. The molecular weight excluding hydrogens is 433 g/mol. The van der Waals surface area contributed by atoms with Crippen LogP contribution in [-0.2, 0) is 11.2 Å². The molecule has 2 unspecified atom stereocenters. The van der Waals surface area contributed by atoms with Crippen LogP contribution in [0.3, 0.4) is 0 Å². The van der Waals surface area contributed by atoms with Gasteiger partial charge < -0.3 is 28.5 Å². The number of hydrogen-bond donors (Lipinski definition) is 0. The summed E-state index contributed by atoms with van der Waals surface area (Å²) in [7, 11) is 2.26. The van der Waals surface area contributed by atoms with Gasteiger partial charge in [-0.05, 0) is 48.9 Å². The summed E-state index contributed by atoms with van der Waals surface area (Å²) in [5.74, 6) is 0.946. The normalized spacial score (nSPS) is 22.5. The summed E-state index contributed by atoms with van der Waals surface area (Å²) in [6.07, 6.45) is 3.01. The van der Waals surface area contributed by atoms with Crippen molar-refractivity contribution < 1.29 is 33.3 Å². The van der Waals surface area contributed by atoms with E-state index in [-0.39, 0.29) is 24.0 Å². The number of aryl methyl sites for hydroxylation is 2. The van der Waals surface area contributed by atoms with Crippen LogP contribution in [0.15, 0.2) is 48.5 Å². The van der Waals surface area contributed by atoms with Crippen LogP contribution in [0.1, 0.15) is 41.0 Å². The minimum atomic E-state index is 0. The monoisotopic (exact) mass is 463 g/mol. The van der Waals surface area contributed by atoms with E-state index in [0.717, 1.165) is 17.6 Å². The fourth-order valence-electron chi connectivity index (χ4n) is 4.38. The molecule has 0 saturated carbocycles. The summed E-state index contributed by atoms with van der Waals surface area (Å²) in [5.41, 5.74) is 5.11. The van der Waals surface area contributed by atoms with Gasteiger partial charge in [0.1, 0.15) is 6.54 Å². The molecule has 0 spiro atoms.